The molecule has 1 fully saturated rings. The van der Waals surface area contributed by atoms with Crippen LogP contribution in [0, 0.1) is 11.8 Å². The van der Waals surface area contributed by atoms with Crippen LogP contribution in [0.5, 0.6) is 0 Å². The Balaban J connectivity index is 1.60. The number of benzene rings is 3. The lowest BCUT2D eigenvalue weighted by Crippen LogP contribution is -2.46. The quantitative estimate of drug-likeness (QED) is 0.252. The maximum absolute atomic E-state index is 14.3. The Hall–Kier alpha value is -3.45. The molecule has 0 unspecified atom stereocenters. The van der Waals surface area contributed by atoms with Gasteiger partial charge in [0.2, 0.25) is 0 Å². The molecular weight excluding hydrogens is 561 g/mol. The molecule has 4 aromatic rings. The van der Waals surface area contributed by atoms with Crippen LogP contribution in [-0.2, 0) is 21.6 Å². The number of nitrogens with zero attached hydrogens (tertiary/aromatic N) is 1. The summed E-state index contributed by atoms with van der Waals surface area (Å²) in [4.78, 5) is 41.8. The number of hydrogen-bond donors (Lipinski definition) is 1. The molecule has 1 saturated carbocycles. The van der Waals surface area contributed by atoms with Crippen molar-refractivity contribution in [1.29, 1.82) is 0 Å². The van der Waals surface area contributed by atoms with Crippen LogP contribution in [-0.4, -0.2) is 32.9 Å². The lowest BCUT2D eigenvalue weighted by Gasteiger charge is -2.40. The van der Waals surface area contributed by atoms with Gasteiger partial charge in [0.1, 0.15) is 5.60 Å². The lowest BCUT2D eigenvalue weighted by atomic mass is 9.64. The van der Waals surface area contributed by atoms with Crippen LogP contribution in [0.2, 0.25) is 10.0 Å². The molecule has 1 N–H and O–H groups in total. The highest BCUT2D eigenvalue weighted by atomic mass is 35.5. The van der Waals surface area contributed by atoms with Gasteiger partial charge in [-0.3, -0.25) is 9.59 Å². The largest absolute Gasteiger partial charge is 0.443 e. The minimum atomic E-state index is -1.92. The van der Waals surface area contributed by atoms with Crippen molar-refractivity contribution in [3.63, 3.8) is 0 Å². The number of hydrogen-bond acceptors (Lipinski definition) is 5. The van der Waals surface area contributed by atoms with Gasteiger partial charge in [-0.25, -0.2) is 9.36 Å². The van der Waals surface area contributed by atoms with Crippen LogP contribution < -0.4 is 0 Å². The smallest absolute Gasteiger partial charge is 0.419 e. The summed E-state index contributed by atoms with van der Waals surface area (Å²) >= 11 is 12.2. The minimum Gasteiger partial charge on any atom is -0.443 e. The number of carbonyl (C=O) groups excluding carboxylic acids is 3. The highest BCUT2D eigenvalue weighted by Gasteiger charge is 2.62. The number of ketones is 2. The summed E-state index contributed by atoms with van der Waals surface area (Å²) in [6, 6.07) is 20.6. The van der Waals surface area contributed by atoms with Gasteiger partial charge in [-0.05, 0) is 80.8 Å². The van der Waals surface area contributed by atoms with Crippen LogP contribution in [0.25, 0.3) is 10.9 Å². The Morgan fingerprint density at radius 1 is 0.927 bits per heavy atom. The topological polar surface area (TPSA) is 85.6 Å². The molecule has 1 aromatic heterocycles. The van der Waals surface area contributed by atoms with Crippen molar-refractivity contribution < 1.29 is 24.2 Å². The van der Waals surface area contributed by atoms with Gasteiger partial charge in [-0.2, -0.15) is 0 Å². The lowest BCUT2D eigenvalue weighted by molar-refractivity contribution is -0.139. The predicted octanol–water partition coefficient (Wildman–Crippen LogP) is 7.35. The molecular formula is C33H29Cl2NO5. The molecule has 6 rings (SSSR count). The van der Waals surface area contributed by atoms with Gasteiger partial charge >= 0.3 is 6.09 Å². The third kappa shape index (κ3) is 4.49. The van der Waals surface area contributed by atoms with E-state index in [0.29, 0.717) is 32.4 Å². The van der Waals surface area contributed by atoms with Crippen molar-refractivity contribution >= 4 is 51.8 Å². The van der Waals surface area contributed by atoms with Gasteiger partial charge in [-0.15, -0.1) is 0 Å². The Labute approximate surface area is 247 Å². The van der Waals surface area contributed by atoms with E-state index in [4.69, 9.17) is 27.9 Å². The molecule has 4 atom stereocenters. The standard InChI is InChI=1S/C33H29Cl2NO5/c1-32(2,3)41-31(39)36-25-7-5-4-6-22(25)28-23-17-27(37)33(40,19-10-14-21(35)15-11-19)29(23)24(16-26(28)36)30(38)18-8-12-20(34)13-9-18/h4-15,23-24,29,40H,16-17H2,1-3H3/t23-,24+,29+,33+/m1/s1. The fourth-order valence-corrected chi connectivity index (χ4v) is 6.99. The SMILES string of the molecule is CC(C)(C)OC(=O)n1c2c(c3ccccc31)[C@H]1CC(=O)[C@@](O)(c3ccc(Cl)cc3)[C@@H]1[C@@H](C(=O)c1ccc(Cl)cc1)C2. The third-order valence-corrected chi connectivity index (χ3v) is 8.81. The number of carbonyl (C=O) groups is 3. The minimum absolute atomic E-state index is 0.0174. The summed E-state index contributed by atoms with van der Waals surface area (Å²) in [5.41, 5.74) is 0.210. The molecule has 0 amide bonds. The van der Waals surface area contributed by atoms with Gasteiger partial charge in [0.25, 0.3) is 0 Å². The van der Waals surface area contributed by atoms with Crippen molar-refractivity contribution in [2.75, 3.05) is 0 Å². The van der Waals surface area contributed by atoms with E-state index in [1.807, 2.05) is 24.3 Å². The maximum atomic E-state index is 14.3. The first kappa shape index (κ1) is 27.7. The van der Waals surface area contributed by atoms with Crippen molar-refractivity contribution in [2.24, 2.45) is 11.8 Å². The second kappa shape index (κ2) is 9.83. The van der Waals surface area contributed by atoms with Crippen molar-refractivity contribution in [2.45, 2.75) is 50.7 Å². The maximum Gasteiger partial charge on any atom is 0.419 e. The molecule has 3 aromatic carbocycles. The van der Waals surface area contributed by atoms with E-state index in [0.717, 1.165) is 10.9 Å². The normalized spacial score (nSPS) is 23.8. The summed E-state index contributed by atoms with van der Waals surface area (Å²) in [5.74, 6) is -2.70. The first-order valence-corrected chi connectivity index (χ1v) is 14.3. The summed E-state index contributed by atoms with van der Waals surface area (Å²) in [5, 5.41) is 14.1. The average Bonchev–Trinajstić information content (AvgIpc) is 3.39. The molecule has 0 aliphatic heterocycles. The molecule has 2 aliphatic rings. The first-order valence-electron chi connectivity index (χ1n) is 13.6. The highest BCUT2D eigenvalue weighted by Crippen LogP contribution is 2.58. The van der Waals surface area contributed by atoms with E-state index < -0.39 is 35.0 Å². The monoisotopic (exact) mass is 589 g/mol. The number of Topliss-reactive ketones (excluding diaryl/α,β-unsaturated/α-hetero) is 2. The van der Waals surface area contributed by atoms with Gasteiger partial charge in [-0.1, -0.05) is 53.5 Å². The number of aromatic nitrogens is 1. The first-order chi connectivity index (χ1) is 19.4. The zero-order chi connectivity index (χ0) is 29.3. The fraction of sp³-hybridized carbons (Fsp3) is 0.303. The molecule has 0 saturated heterocycles. The third-order valence-electron chi connectivity index (χ3n) is 8.31. The van der Waals surface area contributed by atoms with E-state index in [1.54, 1.807) is 73.9 Å². The van der Waals surface area contributed by atoms with E-state index >= 15 is 0 Å². The van der Waals surface area contributed by atoms with Gasteiger partial charge in [0, 0.05) is 50.9 Å². The predicted molar refractivity (Wildman–Crippen MR) is 158 cm³/mol. The number of para-hydroxylation sites is 1. The number of rotatable bonds is 3. The number of fused-ring (bicyclic) bond motifs is 5. The van der Waals surface area contributed by atoms with Crippen LogP contribution >= 0.6 is 23.2 Å². The zero-order valence-corrected chi connectivity index (χ0v) is 24.4. The molecule has 2 aliphatic carbocycles. The van der Waals surface area contributed by atoms with Crippen molar-refractivity contribution in [3.8, 4) is 0 Å². The van der Waals surface area contributed by atoms with E-state index in [9.17, 15) is 19.5 Å². The molecule has 0 bridgehead atoms. The summed E-state index contributed by atoms with van der Waals surface area (Å²) < 4.78 is 7.34. The Morgan fingerprint density at radius 3 is 2.17 bits per heavy atom. The fourth-order valence-electron chi connectivity index (χ4n) is 6.74. The van der Waals surface area contributed by atoms with Gasteiger partial charge < -0.3 is 9.84 Å². The number of ether oxygens (including phenoxy) is 1. The Morgan fingerprint density at radius 2 is 1.54 bits per heavy atom. The number of aliphatic hydroxyl groups is 1. The molecule has 1 heterocycles. The van der Waals surface area contributed by atoms with Crippen molar-refractivity contribution in [3.05, 3.63) is 105 Å². The summed E-state index contributed by atoms with van der Waals surface area (Å²) in [7, 11) is 0. The highest BCUT2D eigenvalue weighted by molar-refractivity contribution is 6.31. The van der Waals surface area contributed by atoms with Crippen LogP contribution in [0.4, 0.5) is 4.79 Å². The molecule has 8 heteroatoms. The Bertz CT molecular complexity index is 1700. The summed E-state index contributed by atoms with van der Waals surface area (Å²) in [6.07, 6.45) is -0.401. The number of halogens is 2. The van der Waals surface area contributed by atoms with Crippen molar-refractivity contribution in [1.82, 2.24) is 4.57 Å². The molecule has 0 spiro atoms. The van der Waals surface area contributed by atoms with Gasteiger partial charge in [0.15, 0.2) is 17.2 Å². The average molecular weight is 591 g/mol. The molecule has 210 valence electrons. The van der Waals surface area contributed by atoms with Crippen LogP contribution in [0.15, 0.2) is 72.8 Å². The second-order valence-corrected chi connectivity index (χ2v) is 12.8. The molecule has 0 radical (unpaired) electrons. The van der Waals surface area contributed by atoms with Crippen LogP contribution in [0.1, 0.15) is 60.3 Å². The second-order valence-electron chi connectivity index (χ2n) is 11.9. The van der Waals surface area contributed by atoms with E-state index in [2.05, 4.69) is 0 Å². The summed E-state index contributed by atoms with van der Waals surface area (Å²) in [6.45, 7) is 5.40. The van der Waals surface area contributed by atoms with Gasteiger partial charge in [0.05, 0.1) is 5.52 Å². The molecule has 6 nitrogen and oxygen atoms in total. The zero-order valence-electron chi connectivity index (χ0n) is 22.9. The Kier molecular flexibility index (Phi) is 6.64. The van der Waals surface area contributed by atoms with E-state index in [-0.39, 0.29) is 24.4 Å². The van der Waals surface area contributed by atoms with Crippen LogP contribution in [0.3, 0.4) is 0 Å². The molecule has 41 heavy (non-hydrogen) atoms. The van der Waals surface area contributed by atoms with E-state index in [1.165, 1.54) is 0 Å².